The van der Waals surface area contributed by atoms with Crippen LogP contribution in [0.1, 0.15) is 28.4 Å². The third-order valence-electron chi connectivity index (χ3n) is 6.25. The highest BCUT2D eigenvalue weighted by Crippen LogP contribution is 2.38. The number of methoxy groups -OCH3 is 1. The number of fused-ring (bicyclic) bond motifs is 3. The largest absolute Gasteiger partial charge is 0.497 e. The van der Waals surface area contributed by atoms with E-state index in [0.29, 0.717) is 6.54 Å². The van der Waals surface area contributed by atoms with Crippen LogP contribution in [0.2, 0.25) is 0 Å². The van der Waals surface area contributed by atoms with E-state index in [1.807, 2.05) is 43.3 Å². The lowest BCUT2D eigenvalue weighted by molar-refractivity contribution is -0.117. The second kappa shape index (κ2) is 8.52. The summed E-state index contributed by atoms with van der Waals surface area (Å²) in [5, 5.41) is 4.31. The number of para-hydroxylation sites is 1. The second-order valence-corrected chi connectivity index (χ2v) is 8.37. The van der Waals surface area contributed by atoms with Gasteiger partial charge in [-0.2, -0.15) is 0 Å². The number of benzene rings is 3. The van der Waals surface area contributed by atoms with Crippen LogP contribution in [0.4, 0.5) is 5.69 Å². The zero-order chi connectivity index (χ0) is 22.1. The number of rotatable bonds is 5. The number of nitrogens with one attached hydrogen (secondary N) is 2. The van der Waals surface area contributed by atoms with E-state index >= 15 is 0 Å². The summed E-state index contributed by atoms with van der Waals surface area (Å²) in [6.45, 7) is 3.17. The number of carbonyl (C=O) groups is 1. The highest BCUT2D eigenvalue weighted by Gasteiger charge is 2.32. The zero-order valence-corrected chi connectivity index (χ0v) is 18.4. The molecule has 0 spiro atoms. The molecule has 2 N–H and O–H groups in total. The average molecular weight is 426 g/mol. The van der Waals surface area contributed by atoms with Gasteiger partial charge in [-0.15, -0.1) is 0 Å². The van der Waals surface area contributed by atoms with E-state index in [1.165, 1.54) is 22.2 Å². The Labute approximate surface area is 188 Å². The van der Waals surface area contributed by atoms with Crippen LogP contribution in [0.15, 0.2) is 72.8 Å². The number of hydrogen-bond donors (Lipinski definition) is 2. The third-order valence-corrected chi connectivity index (χ3v) is 6.25. The first kappa shape index (κ1) is 20.3. The summed E-state index contributed by atoms with van der Waals surface area (Å²) in [4.78, 5) is 18.8. The third kappa shape index (κ3) is 3.87. The van der Waals surface area contributed by atoms with Gasteiger partial charge in [0.2, 0.25) is 5.91 Å². The van der Waals surface area contributed by atoms with Crippen molar-refractivity contribution in [1.82, 2.24) is 9.88 Å². The minimum Gasteiger partial charge on any atom is -0.497 e. The van der Waals surface area contributed by atoms with Crippen LogP contribution in [0.5, 0.6) is 5.75 Å². The van der Waals surface area contributed by atoms with Crippen LogP contribution in [0, 0.1) is 6.92 Å². The molecule has 1 aliphatic rings. The smallest absolute Gasteiger partial charge is 0.238 e. The van der Waals surface area contributed by atoms with E-state index in [9.17, 15) is 4.79 Å². The lowest BCUT2D eigenvalue weighted by atomic mass is 9.92. The van der Waals surface area contributed by atoms with Crippen molar-refractivity contribution in [1.29, 1.82) is 0 Å². The zero-order valence-electron chi connectivity index (χ0n) is 18.4. The van der Waals surface area contributed by atoms with Gasteiger partial charge in [0.05, 0.1) is 19.7 Å². The number of anilines is 1. The van der Waals surface area contributed by atoms with Crippen molar-refractivity contribution in [3.05, 3.63) is 95.2 Å². The minimum absolute atomic E-state index is 0.00748. The average Bonchev–Trinajstić information content (AvgIpc) is 3.19. The molecule has 0 fully saturated rings. The fourth-order valence-corrected chi connectivity index (χ4v) is 4.65. The van der Waals surface area contributed by atoms with Crippen LogP contribution in [0.25, 0.3) is 10.9 Å². The number of aromatic nitrogens is 1. The Kier molecular flexibility index (Phi) is 5.41. The normalized spacial score (nSPS) is 16.0. The van der Waals surface area contributed by atoms with E-state index in [1.54, 1.807) is 7.11 Å². The van der Waals surface area contributed by atoms with Gasteiger partial charge in [0.15, 0.2) is 0 Å². The van der Waals surface area contributed by atoms with Crippen LogP contribution >= 0.6 is 0 Å². The molecule has 0 bridgehead atoms. The topological polar surface area (TPSA) is 57.4 Å². The van der Waals surface area contributed by atoms with E-state index in [-0.39, 0.29) is 11.9 Å². The maximum Gasteiger partial charge on any atom is 0.238 e. The Morgan fingerprint density at radius 2 is 1.81 bits per heavy atom. The number of aromatic amines is 1. The Hall–Kier alpha value is -3.57. The maximum atomic E-state index is 12.9. The summed E-state index contributed by atoms with van der Waals surface area (Å²) in [7, 11) is 1.67. The van der Waals surface area contributed by atoms with Crippen molar-refractivity contribution in [2.45, 2.75) is 19.4 Å². The molecule has 5 nitrogen and oxygen atoms in total. The molecule has 5 rings (SSSR count). The van der Waals surface area contributed by atoms with Gasteiger partial charge in [-0.3, -0.25) is 9.69 Å². The molecular weight excluding hydrogens is 398 g/mol. The quantitative estimate of drug-likeness (QED) is 0.469. The first-order valence-corrected chi connectivity index (χ1v) is 11.0. The summed E-state index contributed by atoms with van der Waals surface area (Å²) >= 11 is 0. The number of carbonyl (C=O) groups excluding carboxylic acids is 1. The summed E-state index contributed by atoms with van der Waals surface area (Å²) in [6.07, 6.45) is 0.907. The maximum absolute atomic E-state index is 12.9. The molecule has 1 atom stereocenters. The lowest BCUT2D eigenvalue weighted by Crippen LogP contribution is -2.41. The number of amides is 1. The fraction of sp³-hybridized carbons (Fsp3) is 0.222. The predicted molar refractivity (Wildman–Crippen MR) is 128 cm³/mol. The van der Waals surface area contributed by atoms with Crippen molar-refractivity contribution in [2.75, 3.05) is 25.5 Å². The van der Waals surface area contributed by atoms with E-state index in [2.05, 4.69) is 51.6 Å². The van der Waals surface area contributed by atoms with Gasteiger partial charge in [-0.25, -0.2) is 0 Å². The summed E-state index contributed by atoms with van der Waals surface area (Å²) in [5.74, 6) is 0.817. The monoisotopic (exact) mass is 425 g/mol. The molecule has 0 radical (unpaired) electrons. The number of nitrogens with zero attached hydrogens (tertiary/aromatic N) is 1. The SMILES string of the molecule is COc1ccc([C@H]2c3[nH]c4ccccc4c3CCN2CC(=O)Nc2ccc(C)cc2)cc1. The molecular formula is C27H27N3O2. The minimum atomic E-state index is -0.0270. The highest BCUT2D eigenvalue weighted by molar-refractivity contribution is 5.92. The number of aryl methyl sites for hydroxylation is 1. The number of H-pyrrole nitrogens is 1. The van der Waals surface area contributed by atoms with Gasteiger partial charge < -0.3 is 15.0 Å². The van der Waals surface area contributed by atoms with E-state index in [4.69, 9.17) is 4.74 Å². The van der Waals surface area contributed by atoms with Crippen molar-refractivity contribution in [3.63, 3.8) is 0 Å². The molecule has 0 unspecified atom stereocenters. The van der Waals surface area contributed by atoms with Crippen LogP contribution in [-0.2, 0) is 11.2 Å². The Balaban J connectivity index is 1.47. The van der Waals surface area contributed by atoms with Crippen LogP contribution in [0.3, 0.4) is 0 Å². The first-order valence-electron chi connectivity index (χ1n) is 11.0. The molecule has 0 saturated carbocycles. The molecule has 3 aromatic carbocycles. The molecule has 1 aromatic heterocycles. The second-order valence-electron chi connectivity index (χ2n) is 8.37. The predicted octanol–water partition coefficient (Wildman–Crippen LogP) is 5.07. The molecule has 4 aromatic rings. The van der Waals surface area contributed by atoms with Gasteiger partial charge >= 0.3 is 0 Å². The molecule has 1 aliphatic heterocycles. The Morgan fingerprint density at radius 1 is 1.06 bits per heavy atom. The Bertz CT molecular complexity index is 1240. The van der Waals surface area contributed by atoms with Gasteiger partial charge in [-0.1, -0.05) is 48.0 Å². The molecule has 5 heteroatoms. The molecule has 162 valence electrons. The number of hydrogen-bond acceptors (Lipinski definition) is 3. The van der Waals surface area contributed by atoms with Crippen molar-refractivity contribution in [2.24, 2.45) is 0 Å². The molecule has 0 aliphatic carbocycles. The van der Waals surface area contributed by atoms with Gasteiger partial charge in [0, 0.05) is 28.8 Å². The van der Waals surface area contributed by atoms with E-state index in [0.717, 1.165) is 35.5 Å². The highest BCUT2D eigenvalue weighted by atomic mass is 16.5. The van der Waals surface area contributed by atoms with Gasteiger partial charge in [-0.05, 0) is 54.8 Å². The molecule has 2 heterocycles. The van der Waals surface area contributed by atoms with Gasteiger partial charge in [0.1, 0.15) is 5.75 Å². The fourth-order valence-electron chi connectivity index (χ4n) is 4.65. The molecule has 0 saturated heterocycles. The summed E-state index contributed by atoms with van der Waals surface area (Å²) in [5.41, 5.74) is 6.79. The van der Waals surface area contributed by atoms with Crippen molar-refractivity contribution < 1.29 is 9.53 Å². The van der Waals surface area contributed by atoms with Crippen molar-refractivity contribution in [3.8, 4) is 5.75 Å². The lowest BCUT2D eigenvalue weighted by Gasteiger charge is -2.35. The molecule has 1 amide bonds. The standard InChI is InChI=1S/C27H27N3O2/c1-18-7-11-20(12-8-18)28-25(31)17-30-16-15-23-22-5-3-4-6-24(22)29-26(23)27(30)19-9-13-21(32-2)14-10-19/h3-14,27,29H,15-17H2,1-2H3,(H,28,31)/t27-/m0/s1. The summed E-state index contributed by atoms with van der Waals surface area (Å²) in [6, 6.07) is 24.5. The van der Waals surface area contributed by atoms with Crippen LogP contribution < -0.4 is 10.1 Å². The van der Waals surface area contributed by atoms with Gasteiger partial charge in [0.25, 0.3) is 0 Å². The van der Waals surface area contributed by atoms with E-state index < -0.39 is 0 Å². The number of ether oxygens (including phenoxy) is 1. The Morgan fingerprint density at radius 3 is 2.56 bits per heavy atom. The van der Waals surface area contributed by atoms with Crippen LogP contribution in [-0.4, -0.2) is 36.0 Å². The molecule has 32 heavy (non-hydrogen) atoms. The summed E-state index contributed by atoms with van der Waals surface area (Å²) < 4.78 is 5.35. The first-order chi connectivity index (χ1) is 15.6. The van der Waals surface area contributed by atoms with Crippen molar-refractivity contribution >= 4 is 22.5 Å².